The molecule has 0 saturated carbocycles. The summed E-state index contributed by atoms with van der Waals surface area (Å²) in [6, 6.07) is 0.446. The van der Waals surface area contributed by atoms with E-state index in [1.807, 2.05) is 0 Å². The van der Waals surface area contributed by atoms with Gasteiger partial charge in [0.25, 0.3) is 0 Å². The molecule has 1 saturated heterocycles. The highest BCUT2D eigenvalue weighted by Gasteiger charge is 2.23. The van der Waals surface area contributed by atoms with Gasteiger partial charge in [-0.1, -0.05) is 0 Å². The molecule has 0 spiro atoms. The van der Waals surface area contributed by atoms with Crippen molar-refractivity contribution in [1.29, 1.82) is 0 Å². The molecule has 0 atom stereocenters. The van der Waals surface area contributed by atoms with Crippen LogP contribution in [0.4, 0.5) is 0 Å². The number of nitrogens with zero attached hydrogens (tertiary/aromatic N) is 2. The fourth-order valence-corrected chi connectivity index (χ4v) is 2.40. The summed E-state index contributed by atoms with van der Waals surface area (Å²) in [7, 11) is 0. The molecule has 2 rings (SSSR count). The Morgan fingerprint density at radius 1 is 1.55 bits per heavy atom. The first-order valence-corrected chi connectivity index (χ1v) is 4.83. The predicted molar refractivity (Wildman–Crippen MR) is 47.5 cm³/mol. The summed E-state index contributed by atoms with van der Waals surface area (Å²) in [4.78, 5) is 4.10. The summed E-state index contributed by atoms with van der Waals surface area (Å²) in [5, 5.41) is 0. The zero-order valence-corrected chi connectivity index (χ0v) is 8.80. The molecule has 11 heavy (non-hydrogen) atoms. The highest BCUT2D eigenvalue weighted by molar-refractivity contribution is 9.11. The molecular formula is C6H6Br2N2O. The van der Waals surface area contributed by atoms with Crippen LogP contribution < -0.4 is 0 Å². The smallest absolute Gasteiger partial charge is 0.178 e. The monoisotopic (exact) mass is 280 g/mol. The molecule has 2 heterocycles. The van der Waals surface area contributed by atoms with Crippen LogP contribution in [-0.4, -0.2) is 22.8 Å². The summed E-state index contributed by atoms with van der Waals surface area (Å²) < 4.78 is 9.01. The van der Waals surface area contributed by atoms with Gasteiger partial charge in [-0.2, -0.15) is 0 Å². The first-order chi connectivity index (χ1) is 5.29. The normalized spacial score (nSPS) is 18.4. The molecular weight excluding hydrogens is 276 g/mol. The van der Waals surface area contributed by atoms with Gasteiger partial charge in [-0.3, -0.25) is 0 Å². The van der Waals surface area contributed by atoms with Gasteiger partial charge in [-0.25, -0.2) is 4.98 Å². The van der Waals surface area contributed by atoms with Crippen molar-refractivity contribution in [1.82, 2.24) is 9.55 Å². The summed E-state index contributed by atoms with van der Waals surface area (Å²) in [6.07, 6.45) is 1.78. The van der Waals surface area contributed by atoms with Crippen LogP contribution >= 0.6 is 31.9 Å². The first kappa shape index (κ1) is 7.76. The average molecular weight is 282 g/mol. The Labute approximate surface area is 81.0 Å². The number of hydrogen-bond donors (Lipinski definition) is 0. The third-order valence-corrected chi connectivity index (χ3v) is 2.87. The van der Waals surface area contributed by atoms with Crippen molar-refractivity contribution in [2.24, 2.45) is 0 Å². The van der Waals surface area contributed by atoms with Crippen LogP contribution in [0.2, 0.25) is 0 Å². The zero-order chi connectivity index (χ0) is 7.84. The number of imidazole rings is 1. The van der Waals surface area contributed by atoms with Crippen molar-refractivity contribution in [3.05, 3.63) is 15.5 Å². The standard InChI is InChI=1S/C6H6Br2N2O/c7-5-1-9-6(8)10(5)4-2-11-3-4/h1,4H,2-3H2. The Kier molecular flexibility index (Phi) is 2.03. The second-order valence-electron chi connectivity index (χ2n) is 2.41. The summed E-state index contributed by atoms with van der Waals surface area (Å²) in [5.74, 6) is 0. The second-order valence-corrected chi connectivity index (χ2v) is 3.93. The van der Waals surface area contributed by atoms with Gasteiger partial charge in [-0.15, -0.1) is 0 Å². The molecule has 0 radical (unpaired) electrons. The molecule has 0 unspecified atom stereocenters. The minimum absolute atomic E-state index is 0.446. The molecule has 1 aliphatic heterocycles. The minimum Gasteiger partial charge on any atom is -0.377 e. The van der Waals surface area contributed by atoms with Crippen LogP contribution in [0.25, 0.3) is 0 Å². The maximum absolute atomic E-state index is 5.08. The maximum Gasteiger partial charge on any atom is 0.178 e. The van der Waals surface area contributed by atoms with Crippen LogP contribution in [-0.2, 0) is 4.74 Å². The lowest BCUT2D eigenvalue weighted by Crippen LogP contribution is -2.30. The van der Waals surface area contributed by atoms with E-state index in [1.54, 1.807) is 6.20 Å². The van der Waals surface area contributed by atoms with E-state index in [-0.39, 0.29) is 0 Å². The number of aromatic nitrogens is 2. The van der Waals surface area contributed by atoms with Crippen molar-refractivity contribution < 1.29 is 4.74 Å². The number of ether oxygens (including phenoxy) is 1. The molecule has 5 heteroatoms. The lowest BCUT2D eigenvalue weighted by molar-refractivity contribution is -0.0252. The molecule has 3 nitrogen and oxygen atoms in total. The Morgan fingerprint density at radius 2 is 2.27 bits per heavy atom. The molecule has 1 aromatic rings. The van der Waals surface area contributed by atoms with Crippen LogP contribution in [0, 0.1) is 0 Å². The van der Waals surface area contributed by atoms with Gasteiger partial charge in [0, 0.05) is 0 Å². The lowest BCUT2D eigenvalue weighted by Gasteiger charge is -2.28. The molecule has 0 amide bonds. The van der Waals surface area contributed by atoms with E-state index >= 15 is 0 Å². The van der Waals surface area contributed by atoms with E-state index in [4.69, 9.17) is 4.74 Å². The Hall–Kier alpha value is 0.130. The predicted octanol–water partition coefficient (Wildman–Crippen LogP) is 1.98. The molecule has 0 aromatic carbocycles. The first-order valence-electron chi connectivity index (χ1n) is 3.25. The largest absolute Gasteiger partial charge is 0.377 e. The number of halogens is 2. The van der Waals surface area contributed by atoms with Crippen molar-refractivity contribution in [2.45, 2.75) is 6.04 Å². The van der Waals surface area contributed by atoms with Gasteiger partial charge in [0.1, 0.15) is 4.60 Å². The lowest BCUT2D eigenvalue weighted by atomic mass is 10.3. The van der Waals surface area contributed by atoms with Crippen LogP contribution in [0.5, 0.6) is 0 Å². The van der Waals surface area contributed by atoms with Gasteiger partial charge < -0.3 is 9.30 Å². The minimum atomic E-state index is 0.446. The highest BCUT2D eigenvalue weighted by atomic mass is 79.9. The summed E-state index contributed by atoms with van der Waals surface area (Å²) in [6.45, 7) is 1.57. The van der Waals surface area contributed by atoms with E-state index < -0.39 is 0 Å². The van der Waals surface area contributed by atoms with Gasteiger partial charge in [0.15, 0.2) is 4.73 Å². The van der Waals surface area contributed by atoms with Gasteiger partial charge in [0.2, 0.25) is 0 Å². The third kappa shape index (κ3) is 1.25. The van der Waals surface area contributed by atoms with Crippen LogP contribution in [0.15, 0.2) is 15.5 Å². The Bertz CT molecular complexity index is 250. The molecule has 0 aliphatic carbocycles. The molecule has 1 fully saturated rings. The topological polar surface area (TPSA) is 27.1 Å². The van der Waals surface area contributed by atoms with Crippen LogP contribution in [0.3, 0.4) is 0 Å². The third-order valence-electron chi connectivity index (χ3n) is 1.69. The van der Waals surface area contributed by atoms with Crippen molar-refractivity contribution in [3.8, 4) is 0 Å². The van der Waals surface area contributed by atoms with E-state index in [2.05, 4.69) is 41.4 Å². The number of hydrogen-bond acceptors (Lipinski definition) is 2. The Morgan fingerprint density at radius 3 is 2.64 bits per heavy atom. The van der Waals surface area contributed by atoms with Gasteiger partial charge in [-0.05, 0) is 31.9 Å². The maximum atomic E-state index is 5.08. The SMILES string of the molecule is Brc1cnc(Br)n1C1COC1. The highest BCUT2D eigenvalue weighted by Crippen LogP contribution is 2.27. The zero-order valence-electron chi connectivity index (χ0n) is 5.63. The number of rotatable bonds is 1. The quantitative estimate of drug-likeness (QED) is 0.787. The van der Waals surface area contributed by atoms with E-state index in [9.17, 15) is 0 Å². The fourth-order valence-electron chi connectivity index (χ4n) is 1.02. The van der Waals surface area contributed by atoms with Crippen molar-refractivity contribution >= 4 is 31.9 Å². The van der Waals surface area contributed by atoms with E-state index in [1.165, 1.54) is 0 Å². The molecule has 0 bridgehead atoms. The van der Waals surface area contributed by atoms with Crippen molar-refractivity contribution in [2.75, 3.05) is 13.2 Å². The summed E-state index contributed by atoms with van der Waals surface area (Å²) >= 11 is 6.77. The molecule has 60 valence electrons. The molecule has 1 aromatic heterocycles. The van der Waals surface area contributed by atoms with E-state index in [0.29, 0.717) is 6.04 Å². The van der Waals surface area contributed by atoms with Gasteiger partial charge >= 0.3 is 0 Å². The second kappa shape index (κ2) is 2.88. The Balaban J connectivity index is 2.33. The summed E-state index contributed by atoms with van der Waals surface area (Å²) in [5.41, 5.74) is 0. The van der Waals surface area contributed by atoms with Crippen molar-refractivity contribution in [3.63, 3.8) is 0 Å². The van der Waals surface area contributed by atoms with Gasteiger partial charge in [0.05, 0.1) is 25.5 Å². The molecule has 0 N–H and O–H groups in total. The van der Waals surface area contributed by atoms with Crippen LogP contribution in [0.1, 0.15) is 6.04 Å². The average Bonchev–Trinajstić information content (AvgIpc) is 2.15. The van der Waals surface area contributed by atoms with E-state index in [0.717, 1.165) is 22.6 Å². The fraction of sp³-hybridized carbons (Fsp3) is 0.500. The molecule has 1 aliphatic rings.